The van der Waals surface area contributed by atoms with Gasteiger partial charge >= 0.3 is 0 Å². The van der Waals surface area contributed by atoms with Gasteiger partial charge < -0.3 is 0 Å². The van der Waals surface area contributed by atoms with Crippen LogP contribution in [0.15, 0.2) is 54.2 Å². The first-order valence-electron chi connectivity index (χ1n) is 9.46. The van der Waals surface area contributed by atoms with E-state index in [4.69, 9.17) is 4.98 Å². The Labute approximate surface area is 168 Å². The number of benzene rings is 1. The third-order valence-electron chi connectivity index (χ3n) is 5.21. The van der Waals surface area contributed by atoms with Gasteiger partial charge in [-0.05, 0) is 23.9 Å². The molecule has 0 unspecified atom stereocenters. The van der Waals surface area contributed by atoms with Gasteiger partial charge in [-0.1, -0.05) is 35.9 Å². The molecule has 0 saturated carbocycles. The van der Waals surface area contributed by atoms with Gasteiger partial charge in [-0.15, -0.1) is 11.3 Å². The summed E-state index contributed by atoms with van der Waals surface area (Å²) in [4.78, 5) is 13.0. The van der Waals surface area contributed by atoms with Gasteiger partial charge in [-0.25, -0.2) is 9.97 Å². The summed E-state index contributed by atoms with van der Waals surface area (Å²) in [6.45, 7) is 4.84. The number of aromatic nitrogens is 4. The standard InChI is InChI=1S/C22H21N5S/c1-15-4-6-16(7-5-15)21-18(12-24-26-21)14-27-9-8-19-17(13-27)11-23-22(25-19)20-3-2-10-28-20/h2-7,10-12H,8-9,13-14H2,1H3,(H,24,26). The Hall–Kier alpha value is -2.83. The van der Waals surface area contributed by atoms with Gasteiger partial charge in [0.05, 0.1) is 22.5 Å². The number of nitrogens with zero attached hydrogens (tertiary/aromatic N) is 4. The van der Waals surface area contributed by atoms with Gasteiger partial charge in [-0.3, -0.25) is 10.00 Å². The zero-order chi connectivity index (χ0) is 18.9. The Bertz CT molecular complexity index is 1080. The van der Waals surface area contributed by atoms with Crippen LogP contribution in [-0.2, 0) is 19.5 Å². The van der Waals surface area contributed by atoms with E-state index in [-0.39, 0.29) is 0 Å². The van der Waals surface area contributed by atoms with Crippen LogP contribution in [0.2, 0.25) is 0 Å². The maximum absolute atomic E-state index is 4.81. The van der Waals surface area contributed by atoms with Crippen molar-refractivity contribution in [1.82, 2.24) is 25.1 Å². The predicted molar refractivity (Wildman–Crippen MR) is 112 cm³/mol. The first kappa shape index (κ1) is 17.3. The number of hydrogen-bond acceptors (Lipinski definition) is 5. The SMILES string of the molecule is Cc1ccc(-c2[nH]ncc2CN2CCc3nc(-c4cccs4)ncc3C2)cc1. The molecule has 5 rings (SSSR count). The predicted octanol–water partition coefficient (Wildman–Crippen LogP) is 4.46. The monoisotopic (exact) mass is 387 g/mol. The largest absolute Gasteiger partial charge is 0.294 e. The van der Waals surface area contributed by atoms with Crippen LogP contribution in [0.1, 0.15) is 22.4 Å². The van der Waals surface area contributed by atoms with Crippen molar-refractivity contribution in [3.8, 4) is 22.0 Å². The number of aryl methyl sites for hydroxylation is 1. The zero-order valence-corrected chi connectivity index (χ0v) is 16.5. The number of H-pyrrole nitrogens is 1. The Morgan fingerprint density at radius 2 is 2.04 bits per heavy atom. The third-order valence-corrected chi connectivity index (χ3v) is 6.07. The molecule has 4 aromatic rings. The fourth-order valence-corrected chi connectivity index (χ4v) is 4.34. The molecule has 140 valence electrons. The number of rotatable bonds is 4. The number of aromatic amines is 1. The quantitative estimate of drug-likeness (QED) is 0.562. The molecule has 0 saturated heterocycles. The molecule has 1 N–H and O–H groups in total. The van der Waals surface area contributed by atoms with Crippen LogP contribution in [-0.4, -0.2) is 31.6 Å². The van der Waals surface area contributed by atoms with E-state index in [1.54, 1.807) is 11.3 Å². The first-order chi connectivity index (χ1) is 13.8. The van der Waals surface area contributed by atoms with E-state index in [1.165, 1.54) is 27.9 Å². The zero-order valence-electron chi connectivity index (χ0n) is 15.7. The van der Waals surface area contributed by atoms with Gasteiger partial charge in [-0.2, -0.15) is 5.10 Å². The van der Waals surface area contributed by atoms with Crippen LogP contribution in [0.5, 0.6) is 0 Å². The second-order valence-corrected chi connectivity index (χ2v) is 8.19. The highest BCUT2D eigenvalue weighted by Gasteiger charge is 2.20. The molecule has 0 spiro atoms. The molecule has 1 aliphatic rings. The van der Waals surface area contributed by atoms with E-state index in [0.717, 1.165) is 42.5 Å². The van der Waals surface area contributed by atoms with Crippen LogP contribution in [0.25, 0.3) is 22.0 Å². The summed E-state index contributed by atoms with van der Waals surface area (Å²) >= 11 is 1.68. The lowest BCUT2D eigenvalue weighted by atomic mass is 10.0. The molecular weight excluding hydrogens is 366 g/mol. The Morgan fingerprint density at radius 1 is 1.14 bits per heavy atom. The van der Waals surface area contributed by atoms with Gasteiger partial charge in [0.15, 0.2) is 5.82 Å². The molecule has 0 radical (unpaired) electrons. The average molecular weight is 388 g/mol. The minimum Gasteiger partial charge on any atom is -0.294 e. The molecule has 6 heteroatoms. The third kappa shape index (κ3) is 3.37. The molecule has 3 aromatic heterocycles. The van der Waals surface area contributed by atoms with Gasteiger partial charge in [0.25, 0.3) is 0 Å². The van der Waals surface area contributed by atoms with Crippen LogP contribution < -0.4 is 0 Å². The summed E-state index contributed by atoms with van der Waals surface area (Å²) in [5.74, 6) is 0.846. The van der Waals surface area contributed by atoms with Crippen molar-refractivity contribution in [1.29, 1.82) is 0 Å². The highest BCUT2D eigenvalue weighted by atomic mass is 32.1. The van der Waals surface area contributed by atoms with E-state index in [9.17, 15) is 0 Å². The second-order valence-electron chi connectivity index (χ2n) is 7.24. The van der Waals surface area contributed by atoms with Crippen LogP contribution in [0.4, 0.5) is 0 Å². The summed E-state index contributed by atoms with van der Waals surface area (Å²) in [6.07, 6.45) is 4.90. The van der Waals surface area contributed by atoms with Crippen LogP contribution >= 0.6 is 11.3 Å². The molecular formula is C22H21N5S. The molecule has 0 atom stereocenters. The highest BCUT2D eigenvalue weighted by molar-refractivity contribution is 7.13. The van der Waals surface area contributed by atoms with Crippen molar-refractivity contribution in [3.63, 3.8) is 0 Å². The van der Waals surface area contributed by atoms with Crippen molar-refractivity contribution in [2.45, 2.75) is 26.4 Å². The smallest absolute Gasteiger partial charge is 0.169 e. The molecule has 0 bridgehead atoms. The summed E-state index contributed by atoms with van der Waals surface area (Å²) in [7, 11) is 0. The maximum Gasteiger partial charge on any atom is 0.169 e. The van der Waals surface area contributed by atoms with Gasteiger partial charge in [0.1, 0.15) is 0 Å². The maximum atomic E-state index is 4.81. The Kier molecular flexibility index (Phi) is 4.50. The molecule has 0 amide bonds. The number of nitrogens with one attached hydrogen (secondary N) is 1. The fraction of sp³-hybridized carbons (Fsp3) is 0.227. The molecule has 1 aromatic carbocycles. The minimum absolute atomic E-state index is 0.846. The number of thiophene rings is 1. The summed E-state index contributed by atoms with van der Waals surface area (Å²) in [5, 5.41) is 9.53. The summed E-state index contributed by atoms with van der Waals surface area (Å²) in [5.41, 5.74) is 7.19. The molecule has 1 aliphatic heterocycles. The Balaban J connectivity index is 1.34. The van der Waals surface area contributed by atoms with Gasteiger partial charge in [0.2, 0.25) is 0 Å². The minimum atomic E-state index is 0.846. The summed E-state index contributed by atoms with van der Waals surface area (Å²) < 4.78 is 0. The van der Waals surface area contributed by atoms with Gasteiger partial charge in [0, 0.05) is 43.4 Å². The lowest BCUT2D eigenvalue weighted by Gasteiger charge is -2.28. The normalized spacial score (nSPS) is 14.2. The van der Waals surface area contributed by atoms with Crippen molar-refractivity contribution < 1.29 is 0 Å². The van der Waals surface area contributed by atoms with E-state index in [1.807, 2.05) is 18.5 Å². The Morgan fingerprint density at radius 3 is 2.86 bits per heavy atom. The number of fused-ring (bicyclic) bond motifs is 1. The topological polar surface area (TPSA) is 57.7 Å². The first-order valence-corrected chi connectivity index (χ1v) is 10.3. The van der Waals surface area contributed by atoms with E-state index >= 15 is 0 Å². The highest BCUT2D eigenvalue weighted by Crippen LogP contribution is 2.27. The molecule has 28 heavy (non-hydrogen) atoms. The molecule has 5 nitrogen and oxygen atoms in total. The van der Waals surface area contributed by atoms with E-state index in [2.05, 4.69) is 62.7 Å². The van der Waals surface area contributed by atoms with E-state index in [0.29, 0.717) is 0 Å². The van der Waals surface area contributed by atoms with Crippen molar-refractivity contribution >= 4 is 11.3 Å². The molecule has 4 heterocycles. The lowest BCUT2D eigenvalue weighted by molar-refractivity contribution is 0.243. The van der Waals surface area contributed by atoms with Crippen LogP contribution in [0, 0.1) is 6.92 Å². The van der Waals surface area contributed by atoms with Crippen molar-refractivity contribution in [2.75, 3.05) is 6.54 Å². The second kappa shape index (κ2) is 7.30. The van der Waals surface area contributed by atoms with Crippen LogP contribution in [0.3, 0.4) is 0 Å². The lowest BCUT2D eigenvalue weighted by Crippen LogP contribution is -2.31. The molecule has 0 aliphatic carbocycles. The van der Waals surface area contributed by atoms with E-state index < -0.39 is 0 Å². The molecule has 0 fully saturated rings. The number of hydrogen-bond donors (Lipinski definition) is 1. The average Bonchev–Trinajstić information content (AvgIpc) is 3.41. The van der Waals surface area contributed by atoms with Crippen molar-refractivity contribution in [3.05, 3.63) is 76.6 Å². The summed E-state index contributed by atoms with van der Waals surface area (Å²) in [6, 6.07) is 12.7. The van der Waals surface area contributed by atoms with Crippen molar-refractivity contribution in [2.24, 2.45) is 0 Å². The fourth-order valence-electron chi connectivity index (χ4n) is 3.68.